The van der Waals surface area contributed by atoms with E-state index in [-0.39, 0.29) is 11.3 Å². The lowest BCUT2D eigenvalue weighted by Crippen LogP contribution is -2.58. The van der Waals surface area contributed by atoms with Crippen LogP contribution in [-0.4, -0.2) is 32.2 Å². The van der Waals surface area contributed by atoms with Crippen molar-refractivity contribution in [3.05, 3.63) is 77.9 Å². The van der Waals surface area contributed by atoms with Gasteiger partial charge in [-0.15, -0.1) is 0 Å². The van der Waals surface area contributed by atoms with Gasteiger partial charge in [-0.3, -0.25) is 4.79 Å². The van der Waals surface area contributed by atoms with Crippen LogP contribution in [-0.2, 0) is 10.2 Å². The molecule has 4 heteroatoms. The van der Waals surface area contributed by atoms with Crippen molar-refractivity contribution in [3.8, 4) is 0 Å². The number of allylic oxidation sites excluding steroid dienone is 2. The van der Waals surface area contributed by atoms with Crippen molar-refractivity contribution in [2.75, 3.05) is 30.4 Å². The highest BCUT2D eigenvalue weighted by atomic mass is 16.2. The number of hydrogen-bond donors (Lipinski definition) is 1. The van der Waals surface area contributed by atoms with Crippen molar-refractivity contribution < 1.29 is 4.79 Å². The summed E-state index contributed by atoms with van der Waals surface area (Å²) in [6.45, 7) is 4.79. The minimum absolute atomic E-state index is 0.0653. The third-order valence-electron chi connectivity index (χ3n) is 6.03. The fourth-order valence-corrected chi connectivity index (χ4v) is 4.38. The van der Waals surface area contributed by atoms with Gasteiger partial charge >= 0.3 is 0 Å². The Morgan fingerprint density at radius 2 is 1.75 bits per heavy atom. The number of nitrogens with zero attached hydrogens (tertiary/aromatic N) is 2. The molecular weight excluding hydrogens is 346 g/mol. The van der Waals surface area contributed by atoms with E-state index in [1.807, 2.05) is 32.3 Å². The molecule has 0 aromatic heterocycles. The molecule has 2 aromatic rings. The van der Waals surface area contributed by atoms with Crippen molar-refractivity contribution >= 4 is 23.4 Å². The van der Waals surface area contributed by atoms with E-state index in [1.54, 1.807) is 0 Å². The summed E-state index contributed by atoms with van der Waals surface area (Å²) in [4.78, 5) is 16.6. The molecular formula is C24H27N3O. The second kappa shape index (κ2) is 6.55. The van der Waals surface area contributed by atoms with Crippen molar-refractivity contribution in [2.24, 2.45) is 0 Å². The predicted molar refractivity (Wildman–Crippen MR) is 117 cm³/mol. The van der Waals surface area contributed by atoms with Crippen molar-refractivity contribution in [1.29, 1.82) is 0 Å². The van der Waals surface area contributed by atoms with Crippen LogP contribution >= 0.6 is 0 Å². The molecule has 1 atom stereocenters. The normalized spacial score (nSPS) is 22.6. The average molecular weight is 374 g/mol. The summed E-state index contributed by atoms with van der Waals surface area (Å²) in [5.74, 6) is 0.0653. The average Bonchev–Trinajstić information content (AvgIpc) is 3.10. The number of amides is 1. The zero-order valence-electron chi connectivity index (χ0n) is 16.9. The smallest absolute Gasteiger partial charge is 0.241 e. The van der Waals surface area contributed by atoms with E-state index in [4.69, 9.17) is 0 Å². The molecule has 4 rings (SSSR count). The molecule has 2 aliphatic rings. The molecule has 28 heavy (non-hydrogen) atoms. The van der Waals surface area contributed by atoms with Crippen LogP contribution in [0.3, 0.4) is 0 Å². The Labute approximate surface area is 167 Å². The molecule has 1 amide bonds. The molecule has 0 aliphatic carbocycles. The van der Waals surface area contributed by atoms with Gasteiger partial charge in [0.15, 0.2) is 0 Å². The Morgan fingerprint density at radius 3 is 2.46 bits per heavy atom. The van der Waals surface area contributed by atoms with Gasteiger partial charge in [0, 0.05) is 30.9 Å². The van der Waals surface area contributed by atoms with E-state index in [1.165, 1.54) is 11.3 Å². The molecule has 2 heterocycles. The number of benzene rings is 2. The van der Waals surface area contributed by atoms with Crippen LogP contribution in [0.2, 0.25) is 0 Å². The number of rotatable bonds is 4. The van der Waals surface area contributed by atoms with Gasteiger partial charge < -0.3 is 15.1 Å². The lowest BCUT2D eigenvalue weighted by molar-refractivity contribution is -0.118. The second-order valence-corrected chi connectivity index (χ2v) is 8.25. The molecule has 0 spiro atoms. The van der Waals surface area contributed by atoms with Gasteiger partial charge in [0.05, 0.1) is 6.54 Å². The first-order valence-electron chi connectivity index (χ1n) is 9.67. The number of anilines is 2. The Balaban J connectivity index is 1.61. The van der Waals surface area contributed by atoms with E-state index in [2.05, 4.69) is 83.6 Å². The van der Waals surface area contributed by atoms with Gasteiger partial charge in [0.2, 0.25) is 5.91 Å². The standard InChI is InChI=1S/C24H27N3O/c1-23(2)20-10-5-6-11-21(20)27-17-22(28)25-24(23,27)16-8-7-9-18-12-14-19(15-13-18)26(3)4/h5-16H,17H2,1-4H3,(H,25,28)/b9-7+,16-8+/t24-/m0/s1. The summed E-state index contributed by atoms with van der Waals surface area (Å²) >= 11 is 0. The summed E-state index contributed by atoms with van der Waals surface area (Å²) in [6.07, 6.45) is 8.30. The van der Waals surface area contributed by atoms with Gasteiger partial charge in [-0.2, -0.15) is 0 Å². The molecule has 2 aromatic carbocycles. The van der Waals surface area contributed by atoms with Gasteiger partial charge in [-0.1, -0.05) is 62.4 Å². The maximum absolute atomic E-state index is 12.3. The van der Waals surface area contributed by atoms with E-state index in [9.17, 15) is 4.79 Å². The maximum atomic E-state index is 12.3. The van der Waals surface area contributed by atoms with Gasteiger partial charge in [0.25, 0.3) is 0 Å². The Kier molecular flexibility index (Phi) is 4.30. The fraction of sp³-hybridized carbons (Fsp3) is 0.292. The van der Waals surface area contributed by atoms with Crippen LogP contribution in [0.25, 0.3) is 6.08 Å². The van der Waals surface area contributed by atoms with Crippen LogP contribution in [0.5, 0.6) is 0 Å². The maximum Gasteiger partial charge on any atom is 0.241 e. The largest absolute Gasteiger partial charge is 0.378 e. The second-order valence-electron chi connectivity index (χ2n) is 8.25. The Morgan fingerprint density at radius 1 is 1.04 bits per heavy atom. The molecule has 0 radical (unpaired) electrons. The molecule has 0 bridgehead atoms. The minimum Gasteiger partial charge on any atom is -0.378 e. The summed E-state index contributed by atoms with van der Waals surface area (Å²) in [6, 6.07) is 16.8. The van der Waals surface area contributed by atoms with E-state index < -0.39 is 5.66 Å². The molecule has 4 nitrogen and oxygen atoms in total. The van der Waals surface area contributed by atoms with E-state index in [0.717, 1.165) is 11.3 Å². The zero-order chi connectivity index (χ0) is 19.9. The quantitative estimate of drug-likeness (QED) is 0.825. The zero-order valence-corrected chi connectivity index (χ0v) is 16.9. The van der Waals surface area contributed by atoms with Crippen LogP contribution in [0.1, 0.15) is 25.0 Å². The fourth-order valence-electron chi connectivity index (χ4n) is 4.38. The summed E-state index contributed by atoms with van der Waals surface area (Å²) in [5.41, 5.74) is 3.97. The van der Waals surface area contributed by atoms with Crippen molar-refractivity contribution in [1.82, 2.24) is 5.32 Å². The molecule has 1 N–H and O–H groups in total. The monoisotopic (exact) mass is 373 g/mol. The molecule has 0 saturated carbocycles. The summed E-state index contributed by atoms with van der Waals surface area (Å²) < 4.78 is 0. The highest BCUT2D eigenvalue weighted by Crippen LogP contribution is 2.52. The molecule has 2 aliphatic heterocycles. The van der Waals surface area contributed by atoms with Crippen LogP contribution in [0.15, 0.2) is 66.8 Å². The molecule has 144 valence electrons. The number of fused-ring (bicyclic) bond motifs is 3. The Hall–Kier alpha value is -3.01. The van der Waals surface area contributed by atoms with Crippen LogP contribution in [0, 0.1) is 0 Å². The SMILES string of the molecule is CN(C)c1ccc(/C=C/C=C/[C@]23NC(=O)CN2c2ccccc2C3(C)C)cc1. The minimum atomic E-state index is -0.535. The molecule has 0 unspecified atom stereocenters. The van der Waals surface area contributed by atoms with E-state index >= 15 is 0 Å². The molecule has 1 fully saturated rings. The summed E-state index contributed by atoms with van der Waals surface area (Å²) in [5, 5.41) is 3.25. The highest BCUT2D eigenvalue weighted by molar-refractivity contribution is 5.91. The summed E-state index contributed by atoms with van der Waals surface area (Å²) in [7, 11) is 4.08. The predicted octanol–water partition coefficient (Wildman–Crippen LogP) is 3.95. The van der Waals surface area contributed by atoms with Crippen LogP contribution < -0.4 is 15.1 Å². The number of carbonyl (C=O) groups excluding carboxylic acids is 1. The first-order chi connectivity index (χ1) is 13.3. The number of hydrogen-bond acceptors (Lipinski definition) is 3. The van der Waals surface area contributed by atoms with Gasteiger partial charge in [-0.25, -0.2) is 0 Å². The first-order valence-corrected chi connectivity index (χ1v) is 9.67. The number of nitrogens with one attached hydrogen (secondary N) is 1. The van der Waals surface area contributed by atoms with Crippen molar-refractivity contribution in [3.63, 3.8) is 0 Å². The third-order valence-corrected chi connectivity index (χ3v) is 6.03. The van der Waals surface area contributed by atoms with Crippen LogP contribution in [0.4, 0.5) is 11.4 Å². The first kappa shape index (κ1) is 18.4. The lowest BCUT2D eigenvalue weighted by Gasteiger charge is -2.40. The highest BCUT2D eigenvalue weighted by Gasteiger charge is 2.59. The molecule has 1 saturated heterocycles. The number of carbonyl (C=O) groups is 1. The topological polar surface area (TPSA) is 35.6 Å². The van der Waals surface area contributed by atoms with Gasteiger partial charge in [0.1, 0.15) is 5.66 Å². The Bertz CT molecular complexity index is 956. The third kappa shape index (κ3) is 2.71. The van der Waals surface area contributed by atoms with Crippen molar-refractivity contribution in [2.45, 2.75) is 24.9 Å². The lowest BCUT2D eigenvalue weighted by atomic mass is 9.75. The van der Waals surface area contributed by atoms with Gasteiger partial charge in [-0.05, 0) is 35.4 Å². The number of para-hydroxylation sites is 1. The van der Waals surface area contributed by atoms with E-state index in [0.29, 0.717) is 6.54 Å².